The Labute approximate surface area is 76.7 Å². The topological polar surface area (TPSA) is 9.23 Å². The van der Waals surface area contributed by atoms with E-state index in [9.17, 15) is 0 Å². The molecule has 1 aliphatic heterocycles. The Morgan fingerprint density at radius 2 is 2.40 bits per heavy atom. The summed E-state index contributed by atoms with van der Waals surface area (Å²) in [4.78, 5) is 0. The molecule has 2 unspecified atom stereocenters. The zero-order valence-corrected chi connectivity index (χ0v) is 8.85. The molecule has 0 spiro atoms. The van der Waals surface area contributed by atoms with Gasteiger partial charge in [-0.25, -0.2) is 0 Å². The summed E-state index contributed by atoms with van der Waals surface area (Å²) in [7, 11) is 0. The van der Waals surface area contributed by atoms with E-state index in [2.05, 4.69) is 36.4 Å². The van der Waals surface area contributed by atoms with Crippen LogP contribution in [0.1, 0.15) is 26.7 Å². The van der Waals surface area contributed by atoms with Crippen molar-refractivity contribution in [3.63, 3.8) is 0 Å². The maximum absolute atomic E-state index is 5.60. The molecule has 0 aromatic rings. The Morgan fingerprint density at radius 3 is 2.70 bits per heavy atom. The van der Waals surface area contributed by atoms with Gasteiger partial charge >= 0.3 is 0 Å². The lowest BCUT2D eigenvalue weighted by molar-refractivity contribution is 0.112. The number of alkyl halides is 1. The molecule has 1 saturated heterocycles. The maximum atomic E-state index is 5.60. The van der Waals surface area contributed by atoms with Crippen molar-refractivity contribution in [2.45, 2.75) is 32.8 Å². The first-order chi connectivity index (χ1) is 4.70. The molecule has 60 valence electrons. The van der Waals surface area contributed by atoms with Gasteiger partial charge in [-0.1, -0.05) is 36.4 Å². The van der Waals surface area contributed by atoms with Gasteiger partial charge in [0.25, 0.3) is 0 Å². The molecule has 0 aliphatic carbocycles. The summed E-state index contributed by atoms with van der Waals surface area (Å²) in [6, 6.07) is 0. The van der Waals surface area contributed by atoms with Crippen LogP contribution in [0.4, 0.5) is 0 Å². The smallest absolute Gasteiger partial charge is 0.0670 e. The van der Waals surface area contributed by atoms with Crippen LogP contribution in [0.15, 0.2) is 0 Å². The van der Waals surface area contributed by atoms with Crippen LogP contribution in [0.25, 0.3) is 0 Å². The minimum Gasteiger partial charge on any atom is -0.377 e. The summed E-state index contributed by atoms with van der Waals surface area (Å²) < 4.78 is 6.75. The summed E-state index contributed by atoms with van der Waals surface area (Å²) in [5.41, 5.74) is 0.482. The second-order valence-corrected chi connectivity index (χ2v) is 4.34. The number of hydrogen-bond donors (Lipinski definition) is 0. The average Bonchev–Trinajstić information content (AvgIpc) is 2.33. The fraction of sp³-hybridized carbons (Fsp3) is 1.00. The Morgan fingerprint density at radius 1 is 1.70 bits per heavy atom. The number of ether oxygens (including phenoxy) is 1. The van der Waals surface area contributed by atoms with Gasteiger partial charge in [-0.05, 0) is 18.3 Å². The molecule has 0 bridgehead atoms. The van der Waals surface area contributed by atoms with Crippen molar-refractivity contribution >= 4 is 22.6 Å². The van der Waals surface area contributed by atoms with Gasteiger partial charge in [0.15, 0.2) is 0 Å². The molecule has 0 N–H and O–H groups in total. The fourth-order valence-electron chi connectivity index (χ4n) is 1.33. The van der Waals surface area contributed by atoms with Crippen molar-refractivity contribution < 1.29 is 4.74 Å². The third kappa shape index (κ3) is 1.84. The minimum atomic E-state index is 0.482. The Hall–Kier alpha value is 0.690. The molecule has 2 atom stereocenters. The van der Waals surface area contributed by atoms with Crippen LogP contribution >= 0.6 is 22.6 Å². The number of hydrogen-bond acceptors (Lipinski definition) is 1. The highest BCUT2D eigenvalue weighted by Crippen LogP contribution is 2.35. The van der Waals surface area contributed by atoms with Crippen LogP contribution < -0.4 is 0 Å². The van der Waals surface area contributed by atoms with Crippen LogP contribution in [-0.4, -0.2) is 17.1 Å². The van der Waals surface area contributed by atoms with E-state index in [4.69, 9.17) is 4.74 Å². The van der Waals surface area contributed by atoms with E-state index in [1.54, 1.807) is 0 Å². The quantitative estimate of drug-likeness (QED) is 0.543. The van der Waals surface area contributed by atoms with Gasteiger partial charge in [0.1, 0.15) is 0 Å². The molecule has 0 aromatic carbocycles. The van der Waals surface area contributed by atoms with E-state index >= 15 is 0 Å². The number of rotatable bonds is 2. The van der Waals surface area contributed by atoms with Gasteiger partial charge < -0.3 is 4.74 Å². The largest absolute Gasteiger partial charge is 0.377 e. The Kier molecular flexibility index (Phi) is 2.98. The van der Waals surface area contributed by atoms with Crippen molar-refractivity contribution in [1.82, 2.24) is 0 Å². The summed E-state index contributed by atoms with van der Waals surface area (Å²) >= 11 is 2.40. The van der Waals surface area contributed by atoms with E-state index < -0.39 is 0 Å². The Bertz CT molecular complexity index is 116. The molecule has 0 saturated carbocycles. The first kappa shape index (κ1) is 8.78. The molecular weight excluding hydrogens is 239 g/mol. The lowest BCUT2D eigenvalue weighted by atomic mass is 9.85. The molecular formula is C8H15IO. The van der Waals surface area contributed by atoms with Gasteiger partial charge in [0.05, 0.1) is 12.7 Å². The predicted molar refractivity (Wildman–Crippen MR) is 51.6 cm³/mol. The van der Waals surface area contributed by atoms with Crippen LogP contribution in [-0.2, 0) is 4.74 Å². The van der Waals surface area contributed by atoms with E-state index in [-0.39, 0.29) is 0 Å². The maximum Gasteiger partial charge on any atom is 0.0670 e. The molecule has 1 fully saturated rings. The molecule has 0 amide bonds. The van der Waals surface area contributed by atoms with Crippen LogP contribution in [0.3, 0.4) is 0 Å². The predicted octanol–water partition coefficient (Wildman–Crippen LogP) is 2.63. The van der Waals surface area contributed by atoms with Crippen molar-refractivity contribution in [3.05, 3.63) is 0 Å². The van der Waals surface area contributed by atoms with Crippen LogP contribution in [0.5, 0.6) is 0 Å². The minimum absolute atomic E-state index is 0.482. The van der Waals surface area contributed by atoms with Gasteiger partial charge in [-0.15, -0.1) is 0 Å². The van der Waals surface area contributed by atoms with Crippen molar-refractivity contribution in [3.8, 4) is 0 Å². The zero-order chi connectivity index (χ0) is 7.61. The van der Waals surface area contributed by atoms with E-state index in [1.807, 2.05) is 0 Å². The third-order valence-electron chi connectivity index (χ3n) is 2.41. The molecule has 0 aromatic heterocycles. The summed E-state index contributed by atoms with van der Waals surface area (Å²) in [5, 5.41) is 0. The summed E-state index contributed by atoms with van der Waals surface area (Å²) in [6.07, 6.45) is 3.04. The lowest BCUT2D eigenvalue weighted by Gasteiger charge is -2.18. The lowest BCUT2D eigenvalue weighted by Crippen LogP contribution is -2.14. The van der Waals surface area contributed by atoms with E-state index in [0.717, 1.165) is 11.0 Å². The van der Waals surface area contributed by atoms with E-state index in [1.165, 1.54) is 12.8 Å². The Balaban J connectivity index is 2.41. The molecule has 1 nitrogen and oxygen atoms in total. The standard InChI is InChI=1S/C8H15IO/c1-3-8(2)4-7(5-9)10-6-8/h7H,3-6H2,1-2H3. The molecule has 1 aliphatic rings. The fourth-order valence-corrected chi connectivity index (χ4v) is 1.90. The molecule has 2 heteroatoms. The average molecular weight is 254 g/mol. The highest BCUT2D eigenvalue weighted by molar-refractivity contribution is 14.1. The van der Waals surface area contributed by atoms with Gasteiger partial charge in [-0.2, -0.15) is 0 Å². The normalized spacial score (nSPS) is 40.5. The second kappa shape index (κ2) is 3.39. The zero-order valence-electron chi connectivity index (χ0n) is 6.69. The molecule has 0 radical (unpaired) electrons. The molecule has 1 heterocycles. The SMILES string of the molecule is CCC1(C)COC(CI)C1. The van der Waals surface area contributed by atoms with Gasteiger partial charge in [-0.3, -0.25) is 0 Å². The highest BCUT2D eigenvalue weighted by Gasteiger charge is 2.33. The van der Waals surface area contributed by atoms with Gasteiger partial charge in [0.2, 0.25) is 0 Å². The highest BCUT2D eigenvalue weighted by atomic mass is 127. The molecule has 10 heavy (non-hydrogen) atoms. The third-order valence-corrected chi connectivity index (χ3v) is 3.40. The van der Waals surface area contributed by atoms with Crippen LogP contribution in [0, 0.1) is 5.41 Å². The summed E-state index contributed by atoms with van der Waals surface area (Å²) in [5.74, 6) is 0. The molecule has 1 rings (SSSR count). The van der Waals surface area contributed by atoms with Crippen molar-refractivity contribution in [2.75, 3.05) is 11.0 Å². The van der Waals surface area contributed by atoms with Crippen molar-refractivity contribution in [2.24, 2.45) is 5.41 Å². The van der Waals surface area contributed by atoms with E-state index in [0.29, 0.717) is 11.5 Å². The monoisotopic (exact) mass is 254 g/mol. The van der Waals surface area contributed by atoms with Crippen molar-refractivity contribution in [1.29, 1.82) is 0 Å². The second-order valence-electron chi connectivity index (χ2n) is 3.46. The first-order valence-corrected chi connectivity index (χ1v) is 5.40. The first-order valence-electron chi connectivity index (χ1n) is 3.88. The van der Waals surface area contributed by atoms with Gasteiger partial charge in [0, 0.05) is 4.43 Å². The number of halogens is 1. The summed E-state index contributed by atoms with van der Waals surface area (Å²) in [6.45, 7) is 5.54. The van der Waals surface area contributed by atoms with Crippen LogP contribution in [0.2, 0.25) is 0 Å².